The molecule has 23 heavy (non-hydrogen) atoms. The normalized spacial score (nSPS) is 12.0. The van der Waals surface area contributed by atoms with E-state index >= 15 is 0 Å². The number of hydrogen-bond acceptors (Lipinski definition) is 5. The fourth-order valence-corrected chi connectivity index (χ4v) is 2.60. The molecule has 0 aliphatic rings. The first-order valence-electron chi connectivity index (χ1n) is 6.69. The van der Waals surface area contributed by atoms with Crippen molar-refractivity contribution in [2.45, 2.75) is 4.90 Å². The molecule has 2 heterocycles. The summed E-state index contributed by atoms with van der Waals surface area (Å²) < 4.78 is 21.8. The van der Waals surface area contributed by atoms with Crippen LogP contribution in [0.4, 0.5) is 5.82 Å². The zero-order valence-corrected chi connectivity index (χ0v) is 12.7. The quantitative estimate of drug-likeness (QED) is 0.714. The minimum absolute atomic E-state index is 0.205. The van der Waals surface area contributed by atoms with E-state index < -0.39 is 11.1 Å². The second-order valence-electron chi connectivity index (χ2n) is 4.83. The van der Waals surface area contributed by atoms with Crippen molar-refractivity contribution in [3.63, 3.8) is 0 Å². The number of rotatable bonds is 3. The van der Waals surface area contributed by atoms with Gasteiger partial charge >= 0.3 is 0 Å². The van der Waals surface area contributed by atoms with E-state index in [1.165, 1.54) is 12.1 Å². The fourth-order valence-electron chi connectivity index (χ4n) is 2.24. The Morgan fingerprint density at radius 3 is 2.48 bits per heavy atom. The number of nitrogens with two attached hydrogens (primary N) is 1. The number of aromatic amines is 1. The summed E-state index contributed by atoms with van der Waals surface area (Å²) in [6.07, 6.45) is 3.13. The molecule has 0 amide bonds. The zero-order valence-electron chi connectivity index (χ0n) is 11.9. The Balaban J connectivity index is 2.09. The molecule has 6 nitrogen and oxygen atoms in total. The van der Waals surface area contributed by atoms with Gasteiger partial charge in [0.25, 0.3) is 5.56 Å². The lowest BCUT2D eigenvalue weighted by atomic mass is 10.0. The first-order chi connectivity index (χ1) is 11.1. The maximum Gasteiger partial charge on any atom is 0.255 e. The van der Waals surface area contributed by atoms with E-state index in [0.717, 1.165) is 11.1 Å². The molecule has 2 aromatic heterocycles. The Labute approximate surface area is 134 Å². The summed E-state index contributed by atoms with van der Waals surface area (Å²) in [5.74, 6) is 0.253. The monoisotopic (exact) mass is 326 g/mol. The van der Waals surface area contributed by atoms with Crippen LogP contribution in [0.15, 0.2) is 64.5 Å². The molecule has 7 heteroatoms. The number of nitrogens with one attached hydrogen (secondary N) is 1. The van der Waals surface area contributed by atoms with Crippen LogP contribution in [0.1, 0.15) is 0 Å². The standard InChI is InChI=1S/C16H13N3O3S/c17-15-14(13-2-1-7-18-16(13)20)8-11(9-19-15)10-3-5-12(6-4-10)23(21)22/h1-9H,(H2,17,19)(H,18,20)(H,21,22)/p-1. The number of hydrogen-bond donors (Lipinski definition) is 2. The highest BCUT2D eigenvalue weighted by Gasteiger charge is 2.10. The molecule has 0 spiro atoms. The Hall–Kier alpha value is -2.77. The number of nitrogen functional groups attached to an aromatic ring is 1. The smallest absolute Gasteiger partial charge is 0.255 e. The summed E-state index contributed by atoms with van der Waals surface area (Å²) in [6.45, 7) is 0. The van der Waals surface area contributed by atoms with Crippen molar-refractivity contribution in [1.29, 1.82) is 0 Å². The van der Waals surface area contributed by atoms with E-state index in [2.05, 4.69) is 9.97 Å². The van der Waals surface area contributed by atoms with Crippen molar-refractivity contribution >= 4 is 16.9 Å². The number of benzene rings is 1. The van der Waals surface area contributed by atoms with Gasteiger partial charge in [0.05, 0.1) is 5.56 Å². The SMILES string of the molecule is Nc1ncc(-c2ccc(S(=O)[O-])cc2)cc1-c1ccc[nH]c1=O. The van der Waals surface area contributed by atoms with Gasteiger partial charge in [0.2, 0.25) is 0 Å². The first kappa shape index (κ1) is 15.1. The third-order valence-corrected chi connectivity index (χ3v) is 4.06. The summed E-state index contributed by atoms with van der Waals surface area (Å²) in [6, 6.07) is 11.5. The van der Waals surface area contributed by atoms with Crippen molar-refractivity contribution in [3.8, 4) is 22.3 Å². The maximum absolute atomic E-state index is 11.9. The highest BCUT2D eigenvalue weighted by Crippen LogP contribution is 2.28. The Bertz CT molecular complexity index is 936. The highest BCUT2D eigenvalue weighted by molar-refractivity contribution is 7.79. The van der Waals surface area contributed by atoms with Gasteiger partial charge in [-0.1, -0.05) is 12.1 Å². The van der Waals surface area contributed by atoms with E-state index in [1.807, 2.05) is 0 Å². The molecule has 0 saturated heterocycles. The van der Waals surface area contributed by atoms with E-state index in [4.69, 9.17) is 5.73 Å². The molecule has 0 bridgehead atoms. The first-order valence-corrected chi connectivity index (χ1v) is 7.77. The Morgan fingerprint density at radius 2 is 1.83 bits per heavy atom. The molecule has 3 aromatic rings. The minimum atomic E-state index is -2.27. The van der Waals surface area contributed by atoms with Gasteiger partial charge in [-0.15, -0.1) is 0 Å². The highest BCUT2D eigenvalue weighted by atomic mass is 32.2. The number of H-pyrrole nitrogens is 1. The average molecular weight is 326 g/mol. The number of anilines is 1. The van der Waals surface area contributed by atoms with Crippen LogP contribution < -0.4 is 11.3 Å². The molecule has 1 aromatic carbocycles. The van der Waals surface area contributed by atoms with Crippen LogP contribution in [-0.4, -0.2) is 18.7 Å². The van der Waals surface area contributed by atoms with Gasteiger partial charge in [-0.3, -0.25) is 9.00 Å². The minimum Gasteiger partial charge on any atom is -0.768 e. The van der Waals surface area contributed by atoms with Gasteiger partial charge in [0.1, 0.15) is 5.82 Å². The second kappa shape index (κ2) is 6.15. The number of nitrogens with zero attached hydrogens (tertiary/aromatic N) is 1. The molecule has 116 valence electrons. The fraction of sp³-hybridized carbons (Fsp3) is 0. The largest absolute Gasteiger partial charge is 0.768 e. The van der Waals surface area contributed by atoms with Gasteiger partial charge in [-0.05, 0) is 47.0 Å². The lowest BCUT2D eigenvalue weighted by Crippen LogP contribution is -2.09. The van der Waals surface area contributed by atoms with E-state index in [9.17, 15) is 13.6 Å². The van der Waals surface area contributed by atoms with Crippen molar-refractivity contribution < 1.29 is 8.76 Å². The molecule has 0 aliphatic heterocycles. The molecule has 1 atom stereocenters. The molecule has 0 saturated carbocycles. The predicted molar refractivity (Wildman–Crippen MR) is 87.3 cm³/mol. The van der Waals surface area contributed by atoms with E-state index in [-0.39, 0.29) is 16.3 Å². The summed E-state index contributed by atoms with van der Waals surface area (Å²) in [4.78, 5) is 18.9. The average Bonchev–Trinajstić information content (AvgIpc) is 2.56. The van der Waals surface area contributed by atoms with Gasteiger partial charge in [-0.25, -0.2) is 4.98 Å². The van der Waals surface area contributed by atoms with Crippen LogP contribution >= 0.6 is 0 Å². The van der Waals surface area contributed by atoms with Crippen molar-refractivity contribution in [3.05, 3.63) is 65.2 Å². The van der Waals surface area contributed by atoms with Crippen molar-refractivity contribution in [1.82, 2.24) is 9.97 Å². The van der Waals surface area contributed by atoms with Gasteiger partial charge in [-0.2, -0.15) is 0 Å². The molecule has 3 rings (SSSR count). The third-order valence-electron chi connectivity index (χ3n) is 3.41. The summed E-state index contributed by atoms with van der Waals surface area (Å²) in [7, 11) is 0. The third kappa shape index (κ3) is 3.05. The summed E-state index contributed by atoms with van der Waals surface area (Å²) in [5.41, 5.74) is 8.10. The molecule has 1 unspecified atom stereocenters. The molecule has 0 radical (unpaired) electrons. The molecule has 0 aliphatic carbocycles. The van der Waals surface area contributed by atoms with E-state index in [1.54, 1.807) is 42.7 Å². The van der Waals surface area contributed by atoms with Crippen LogP contribution in [0.3, 0.4) is 0 Å². The molecule has 0 fully saturated rings. The maximum atomic E-state index is 11.9. The number of pyridine rings is 2. The summed E-state index contributed by atoms with van der Waals surface area (Å²) >= 11 is -2.27. The van der Waals surface area contributed by atoms with Crippen molar-refractivity contribution in [2.75, 3.05) is 5.73 Å². The zero-order chi connectivity index (χ0) is 16.4. The van der Waals surface area contributed by atoms with E-state index in [0.29, 0.717) is 11.1 Å². The Morgan fingerprint density at radius 1 is 1.09 bits per heavy atom. The van der Waals surface area contributed by atoms with Crippen LogP contribution in [-0.2, 0) is 11.1 Å². The summed E-state index contributed by atoms with van der Waals surface area (Å²) in [5, 5.41) is 0. The van der Waals surface area contributed by atoms with Crippen LogP contribution in [0.25, 0.3) is 22.3 Å². The number of aromatic nitrogens is 2. The van der Waals surface area contributed by atoms with Gasteiger partial charge in [0, 0.05) is 28.4 Å². The van der Waals surface area contributed by atoms with Crippen LogP contribution in [0.2, 0.25) is 0 Å². The Kier molecular flexibility index (Phi) is 4.05. The molecular weight excluding hydrogens is 314 g/mol. The van der Waals surface area contributed by atoms with Gasteiger partial charge in [0.15, 0.2) is 0 Å². The van der Waals surface area contributed by atoms with Crippen LogP contribution in [0, 0.1) is 0 Å². The second-order valence-corrected chi connectivity index (χ2v) is 5.77. The predicted octanol–water partition coefficient (Wildman–Crippen LogP) is 1.92. The molecular formula is C16H12N3O3S-. The van der Waals surface area contributed by atoms with Crippen molar-refractivity contribution in [2.24, 2.45) is 0 Å². The van der Waals surface area contributed by atoms with Crippen LogP contribution in [0.5, 0.6) is 0 Å². The van der Waals surface area contributed by atoms with Gasteiger partial charge < -0.3 is 15.3 Å². The topological polar surface area (TPSA) is 112 Å². The molecule has 3 N–H and O–H groups in total. The lowest BCUT2D eigenvalue weighted by molar-refractivity contribution is 0.537. The lowest BCUT2D eigenvalue weighted by Gasteiger charge is -2.09.